The Labute approximate surface area is 213 Å². The molecule has 1 saturated heterocycles. The molecule has 0 saturated carbocycles. The number of thiazole rings is 1. The number of hydrogen-bond donors (Lipinski definition) is 1. The highest BCUT2D eigenvalue weighted by atomic mass is 32.2. The van der Waals surface area contributed by atoms with E-state index in [2.05, 4.69) is 15.4 Å². The molecular formula is C25H27N5O4S2. The van der Waals surface area contributed by atoms with Crippen molar-refractivity contribution in [1.29, 1.82) is 0 Å². The van der Waals surface area contributed by atoms with E-state index in [1.807, 2.05) is 32.0 Å². The lowest BCUT2D eigenvalue weighted by Crippen LogP contribution is -2.43. The number of methoxy groups -OCH3 is 1. The zero-order chi connectivity index (χ0) is 25.4. The Morgan fingerprint density at radius 3 is 2.67 bits per heavy atom. The summed E-state index contributed by atoms with van der Waals surface area (Å²) in [5, 5.41) is 8.12. The van der Waals surface area contributed by atoms with Gasteiger partial charge in [-0.05, 0) is 51.0 Å². The number of amides is 1. The van der Waals surface area contributed by atoms with Crippen LogP contribution in [0.3, 0.4) is 0 Å². The number of aromatic nitrogens is 3. The maximum Gasteiger partial charge on any atom is 0.243 e. The van der Waals surface area contributed by atoms with Crippen LogP contribution >= 0.6 is 11.3 Å². The maximum atomic E-state index is 13.3. The maximum absolute atomic E-state index is 13.3. The van der Waals surface area contributed by atoms with Gasteiger partial charge < -0.3 is 10.1 Å². The first-order valence-corrected chi connectivity index (χ1v) is 13.9. The molecule has 4 aromatic rings. The normalized spacial score (nSPS) is 16.8. The summed E-state index contributed by atoms with van der Waals surface area (Å²) in [4.78, 5) is 18.2. The predicted molar refractivity (Wildman–Crippen MR) is 139 cm³/mol. The number of hydrogen-bond acceptors (Lipinski definition) is 7. The van der Waals surface area contributed by atoms with Crippen molar-refractivity contribution in [3.8, 4) is 10.9 Å². The van der Waals surface area contributed by atoms with Crippen molar-refractivity contribution in [1.82, 2.24) is 19.1 Å². The van der Waals surface area contributed by atoms with Crippen LogP contribution in [0.1, 0.15) is 24.1 Å². The van der Waals surface area contributed by atoms with E-state index in [1.54, 1.807) is 42.1 Å². The van der Waals surface area contributed by atoms with E-state index in [9.17, 15) is 13.2 Å². The van der Waals surface area contributed by atoms with E-state index in [0.717, 1.165) is 21.5 Å². The van der Waals surface area contributed by atoms with Gasteiger partial charge in [-0.3, -0.25) is 4.79 Å². The summed E-state index contributed by atoms with van der Waals surface area (Å²) in [6.07, 6.45) is 1.22. The number of sulfonamides is 1. The molecule has 0 bridgehead atoms. The van der Waals surface area contributed by atoms with Gasteiger partial charge in [-0.25, -0.2) is 13.4 Å². The Kier molecular flexibility index (Phi) is 6.54. The highest BCUT2D eigenvalue weighted by Crippen LogP contribution is 2.30. The van der Waals surface area contributed by atoms with E-state index < -0.39 is 15.9 Å². The number of aryl methyl sites for hydroxylation is 2. The van der Waals surface area contributed by atoms with Crippen LogP contribution in [-0.2, 0) is 14.8 Å². The van der Waals surface area contributed by atoms with E-state index >= 15 is 0 Å². The van der Waals surface area contributed by atoms with E-state index in [-0.39, 0.29) is 17.3 Å². The van der Waals surface area contributed by atoms with Crippen molar-refractivity contribution in [3.05, 3.63) is 59.8 Å². The minimum atomic E-state index is -3.67. The van der Waals surface area contributed by atoms with Gasteiger partial charge in [0.2, 0.25) is 21.1 Å². The molecule has 1 atom stereocenters. The number of carbonyl (C=O) groups excluding carboxylic acids is 1. The van der Waals surface area contributed by atoms with Crippen molar-refractivity contribution >= 4 is 43.3 Å². The average Bonchev–Trinajstić information content (AvgIpc) is 3.46. The molecule has 1 amide bonds. The summed E-state index contributed by atoms with van der Waals surface area (Å²) < 4.78 is 35.6. The summed E-state index contributed by atoms with van der Waals surface area (Å²) in [5.41, 5.74) is 2.50. The molecule has 3 heterocycles. The quantitative estimate of drug-likeness (QED) is 0.405. The van der Waals surface area contributed by atoms with Gasteiger partial charge in [-0.1, -0.05) is 29.0 Å². The Morgan fingerprint density at radius 2 is 1.92 bits per heavy atom. The molecule has 5 rings (SSSR count). The lowest BCUT2D eigenvalue weighted by molar-refractivity contribution is -0.120. The zero-order valence-corrected chi connectivity index (χ0v) is 21.9. The number of fused-ring (bicyclic) bond motifs is 1. The number of ether oxygens (including phenoxy) is 1. The number of anilines is 1. The third-order valence-corrected chi connectivity index (χ3v) is 9.15. The number of nitrogens with zero attached hydrogens (tertiary/aromatic N) is 4. The molecule has 0 aliphatic carbocycles. The first-order chi connectivity index (χ1) is 17.2. The van der Waals surface area contributed by atoms with Crippen molar-refractivity contribution < 1.29 is 17.9 Å². The fraction of sp³-hybridized carbons (Fsp3) is 0.320. The molecule has 2 aromatic carbocycles. The van der Waals surface area contributed by atoms with Gasteiger partial charge in [0.05, 0.1) is 33.8 Å². The first kappa shape index (κ1) is 24.4. The average molecular weight is 526 g/mol. The summed E-state index contributed by atoms with van der Waals surface area (Å²) in [6, 6.07) is 14.2. The molecule has 188 valence electrons. The Balaban J connectivity index is 1.35. The lowest BCUT2D eigenvalue weighted by Gasteiger charge is -2.31. The van der Waals surface area contributed by atoms with Crippen molar-refractivity contribution in [2.24, 2.45) is 5.92 Å². The number of carbonyl (C=O) groups is 1. The van der Waals surface area contributed by atoms with E-state index in [1.165, 1.54) is 15.6 Å². The van der Waals surface area contributed by atoms with Gasteiger partial charge in [0.15, 0.2) is 0 Å². The van der Waals surface area contributed by atoms with Gasteiger partial charge in [0.1, 0.15) is 11.6 Å². The zero-order valence-electron chi connectivity index (χ0n) is 20.3. The molecule has 0 radical (unpaired) electrons. The van der Waals surface area contributed by atoms with Crippen LogP contribution in [0.4, 0.5) is 5.82 Å². The molecule has 1 unspecified atom stereocenters. The minimum absolute atomic E-state index is 0.135. The fourth-order valence-corrected chi connectivity index (χ4v) is 6.74. The Hall–Kier alpha value is -3.28. The van der Waals surface area contributed by atoms with E-state index in [0.29, 0.717) is 36.1 Å². The molecule has 1 N–H and O–H groups in total. The molecule has 1 aliphatic rings. The van der Waals surface area contributed by atoms with Crippen molar-refractivity contribution in [2.45, 2.75) is 31.6 Å². The Morgan fingerprint density at radius 1 is 1.14 bits per heavy atom. The minimum Gasteiger partial charge on any atom is -0.497 e. The number of benzene rings is 2. The largest absolute Gasteiger partial charge is 0.497 e. The van der Waals surface area contributed by atoms with E-state index in [4.69, 9.17) is 4.74 Å². The smallest absolute Gasteiger partial charge is 0.243 e. The highest BCUT2D eigenvalue weighted by molar-refractivity contribution is 7.89. The molecule has 2 aromatic heterocycles. The Bertz CT molecular complexity index is 1530. The van der Waals surface area contributed by atoms with Crippen LogP contribution < -0.4 is 10.1 Å². The second-order valence-electron chi connectivity index (χ2n) is 8.92. The second kappa shape index (κ2) is 9.64. The van der Waals surface area contributed by atoms with Crippen LogP contribution in [0.15, 0.2) is 53.4 Å². The molecule has 11 heteroatoms. The standard InChI is InChI=1S/C25H27N5O4S2/c1-16-6-9-20(10-7-16)36(32,33)29-12-4-5-18(15-29)24(31)27-23-13-17(2)28-30(23)25-26-21-14-19(34-3)8-11-22(21)35-25/h6-11,13-14,18H,4-5,12,15H2,1-3H3,(H,27,31). The predicted octanol–water partition coefficient (Wildman–Crippen LogP) is 4.15. The SMILES string of the molecule is COc1ccc2sc(-n3nc(C)cc3NC(=O)C3CCCN(S(=O)(=O)c4ccc(C)cc4)C3)nc2c1. The molecule has 1 fully saturated rings. The number of piperidine rings is 1. The van der Waals surface area contributed by atoms with Crippen LogP contribution in [0.25, 0.3) is 15.3 Å². The topological polar surface area (TPSA) is 106 Å². The molecule has 9 nitrogen and oxygen atoms in total. The summed E-state index contributed by atoms with van der Waals surface area (Å²) in [6.45, 7) is 4.29. The molecule has 36 heavy (non-hydrogen) atoms. The summed E-state index contributed by atoms with van der Waals surface area (Å²) >= 11 is 1.46. The van der Waals surface area contributed by atoms with Gasteiger partial charge in [-0.15, -0.1) is 0 Å². The summed E-state index contributed by atoms with van der Waals surface area (Å²) in [5.74, 6) is 0.513. The molecule has 0 spiro atoms. The lowest BCUT2D eigenvalue weighted by atomic mass is 9.99. The monoisotopic (exact) mass is 525 g/mol. The second-order valence-corrected chi connectivity index (χ2v) is 11.9. The van der Waals surface area contributed by atoms with Crippen molar-refractivity contribution in [2.75, 3.05) is 25.5 Å². The van der Waals surface area contributed by atoms with Gasteiger partial charge in [0, 0.05) is 25.2 Å². The third-order valence-electron chi connectivity index (χ3n) is 6.26. The molecular weight excluding hydrogens is 498 g/mol. The van der Waals surface area contributed by atoms with Crippen LogP contribution in [0.5, 0.6) is 5.75 Å². The number of nitrogens with one attached hydrogen (secondary N) is 1. The molecule has 1 aliphatic heterocycles. The van der Waals surface area contributed by atoms with Gasteiger partial charge in [-0.2, -0.15) is 14.1 Å². The highest BCUT2D eigenvalue weighted by Gasteiger charge is 2.33. The number of rotatable bonds is 6. The van der Waals surface area contributed by atoms with Crippen molar-refractivity contribution in [3.63, 3.8) is 0 Å². The summed E-state index contributed by atoms with van der Waals surface area (Å²) in [7, 11) is -2.06. The first-order valence-electron chi connectivity index (χ1n) is 11.6. The van der Waals surface area contributed by atoms with Crippen LogP contribution in [0, 0.1) is 19.8 Å². The van der Waals surface area contributed by atoms with Gasteiger partial charge in [0.25, 0.3) is 0 Å². The van der Waals surface area contributed by atoms with Crippen LogP contribution in [0.2, 0.25) is 0 Å². The third kappa shape index (κ3) is 4.73. The van der Waals surface area contributed by atoms with Crippen LogP contribution in [-0.4, -0.2) is 53.6 Å². The van der Waals surface area contributed by atoms with Gasteiger partial charge >= 0.3 is 0 Å². The fourth-order valence-electron chi connectivity index (χ4n) is 4.31.